The fourth-order valence-electron chi connectivity index (χ4n) is 3.69. The number of nitrogens with one attached hydrogen (secondary N) is 1. The van der Waals surface area contributed by atoms with E-state index in [0.29, 0.717) is 0 Å². The van der Waals surface area contributed by atoms with Crippen molar-refractivity contribution in [1.29, 1.82) is 0 Å². The molecule has 2 fully saturated rings. The number of imide groups is 2. The van der Waals surface area contributed by atoms with Crippen molar-refractivity contribution in [3.8, 4) is 0 Å². The van der Waals surface area contributed by atoms with Crippen LogP contribution in [-0.2, 0) is 9.59 Å². The summed E-state index contributed by atoms with van der Waals surface area (Å²) in [5.74, 6) is -1.50. The number of aryl methyl sites for hydroxylation is 1. The quantitative estimate of drug-likeness (QED) is 0.557. The smallest absolute Gasteiger partial charge is 0.336 e. The molecule has 0 unspecified atom stereocenters. The molecule has 8 heteroatoms. The lowest BCUT2D eigenvalue weighted by Gasteiger charge is -2.27. The number of halogens is 2. The number of rotatable bonds is 3. The van der Waals surface area contributed by atoms with Gasteiger partial charge in [0.05, 0.1) is 15.7 Å². The number of hydrogen-bond donors (Lipinski definition) is 1. The zero-order valence-electron chi connectivity index (χ0n) is 16.2. The molecule has 154 valence electrons. The van der Waals surface area contributed by atoms with Gasteiger partial charge in [0.2, 0.25) is 0 Å². The first-order chi connectivity index (χ1) is 14.4. The molecular formula is C22H19Cl2N3O3. The summed E-state index contributed by atoms with van der Waals surface area (Å²) < 4.78 is 0. The first-order valence-electron chi connectivity index (χ1n) is 9.58. The Bertz CT molecular complexity index is 1090. The SMILES string of the molecule is Cc1cc(N2CCCC2)ccc1/C=C1\C(=O)NC(=O)N(c2cccc(Cl)c2Cl)C1=O. The Balaban J connectivity index is 1.70. The predicted octanol–water partition coefficient (Wildman–Crippen LogP) is 4.57. The van der Waals surface area contributed by atoms with Gasteiger partial charge >= 0.3 is 6.03 Å². The summed E-state index contributed by atoms with van der Waals surface area (Å²) >= 11 is 12.2. The van der Waals surface area contributed by atoms with Crippen LogP contribution in [0, 0.1) is 6.92 Å². The molecule has 0 spiro atoms. The van der Waals surface area contributed by atoms with Gasteiger partial charge in [0.15, 0.2) is 0 Å². The molecule has 30 heavy (non-hydrogen) atoms. The predicted molar refractivity (Wildman–Crippen MR) is 118 cm³/mol. The van der Waals surface area contributed by atoms with E-state index < -0.39 is 17.8 Å². The van der Waals surface area contributed by atoms with E-state index in [2.05, 4.69) is 10.2 Å². The molecule has 2 heterocycles. The molecule has 0 radical (unpaired) electrons. The third kappa shape index (κ3) is 3.68. The van der Waals surface area contributed by atoms with Gasteiger partial charge in [-0.3, -0.25) is 14.9 Å². The fraction of sp³-hybridized carbons (Fsp3) is 0.227. The second-order valence-corrected chi connectivity index (χ2v) is 8.05. The number of nitrogens with zero attached hydrogens (tertiary/aromatic N) is 2. The van der Waals surface area contributed by atoms with Crippen LogP contribution in [0.3, 0.4) is 0 Å². The van der Waals surface area contributed by atoms with E-state index in [1.54, 1.807) is 12.1 Å². The van der Waals surface area contributed by atoms with Crippen molar-refractivity contribution in [1.82, 2.24) is 5.32 Å². The van der Waals surface area contributed by atoms with E-state index in [-0.39, 0.29) is 21.3 Å². The largest absolute Gasteiger partial charge is 0.372 e. The Morgan fingerprint density at radius 2 is 1.77 bits per heavy atom. The highest BCUT2D eigenvalue weighted by Gasteiger charge is 2.38. The Hall–Kier alpha value is -2.83. The minimum atomic E-state index is -0.868. The van der Waals surface area contributed by atoms with Gasteiger partial charge < -0.3 is 4.90 Å². The van der Waals surface area contributed by atoms with Gasteiger partial charge in [-0.2, -0.15) is 0 Å². The van der Waals surface area contributed by atoms with E-state index in [1.165, 1.54) is 25.0 Å². The average molecular weight is 444 g/mol. The van der Waals surface area contributed by atoms with Gasteiger partial charge in [-0.15, -0.1) is 0 Å². The fourth-order valence-corrected chi connectivity index (χ4v) is 4.07. The molecule has 1 N–H and O–H groups in total. The molecule has 4 rings (SSSR count). The van der Waals surface area contributed by atoms with Gasteiger partial charge in [0.25, 0.3) is 11.8 Å². The Morgan fingerprint density at radius 3 is 2.47 bits per heavy atom. The van der Waals surface area contributed by atoms with Crippen LogP contribution in [0.25, 0.3) is 6.08 Å². The maximum absolute atomic E-state index is 13.1. The monoisotopic (exact) mass is 443 g/mol. The number of urea groups is 1. The zero-order valence-corrected chi connectivity index (χ0v) is 17.8. The first kappa shape index (κ1) is 20.4. The molecule has 2 aromatic rings. The Kier molecular flexibility index (Phi) is 5.54. The zero-order chi connectivity index (χ0) is 21.4. The molecule has 4 amide bonds. The van der Waals surface area contributed by atoms with Crippen molar-refractivity contribution in [2.45, 2.75) is 19.8 Å². The number of barbiturate groups is 1. The van der Waals surface area contributed by atoms with Crippen molar-refractivity contribution >= 4 is 58.5 Å². The van der Waals surface area contributed by atoms with Crippen molar-refractivity contribution in [3.63, 3.8) is 0 Å². The minimum Gasteiger partial charge on any atom is -0.372 e. The van der Waals surface area contributed by atoms with Crippen LogP contribution in [-0.4, -0.2) is 30.9 Å². The van der Waals surface area contributed by atoms with E-state index in [0.717, 1.165) is 34.8 Å². The highest BCUT2D eigenvalue weighted by molar-refractivity contribution is 6.46. The molecule has 2 aromatic carbocycles. The van der Waals surface area contributed by atoms with Crippen molar-refractivity contribution in [2.75, 3.05) is 22.9 Å². The van der Waals surface area contributed by atoms with Gasteiger partial charge in [-0.1, -0.05) is 35.3 Å². The number of anilines is 2. The molecule has 2 saturated heterocycles. The van der Waals surface area contributed by atoms with Crippen molar-refractivity contribution in [2.24, 2.45) is 0 Å². The second-order valence-electron chi connectivity index (χ2n) is 7.27. The summed E-state index contributed by atoms with van der Waals surface area (Å²) in [6, 6.07) is 9.65. The molecule has 2 aliphatic heterocycles. The molecule has 2 aliphatic rings. The highest BCUT2D eigenvalue weighted by Crippen LogP contribution is 2.34. The van der Waals surface area contributed by atoms with Crippen LogP contribution >= 0.6 is 23.2 Å². The van der Waals surface area contributed by atoms with Crippen molar-refractivity contribution < 1.29 is 14.4 Å². The lowest BCUT2D eigenvalue weighted by atomic mass is 10.0. The van der Waals surface area contributed by atoms with E-state index in [4.69, 9.17) is 23.2 Å². The van der Waals surface area contributed by atoms with E-state index >= 15 is 0 Å². The van der Waals surface area contributed by atoms with Crippen LogP contribution in [0.4, 0.5) is 16.2 Å². The standard InChI is InChI=1S/C22H19Cl2N3O3/c1-13-11-15(26-9-2-3-10-26)8-7-14(13)12-16-20(28)25-22(30)27(21(16)29)18-6-4-5-17(23)19(18)24/h4-8,11-12H,2-3,9-10H2,1H3,(H,25,28,30)/b16-12+. The van der Waals surface area contributed by atoms with Crippen LogP contribution in [0.5, 0.6) is 0 Å². The number of amides is 4. The molecule has 0 saturated carbocycles. The Morgan fingerprint density at radius 1 is 1.03 bits per heavy atom. The topological polar surface area (TPSA) is 69.7 Å². The summed E-state index contributed by atoms with van der Waals surface area (Å²) in [7, 11) is 0. The van der Waals surface area contributed by atoms with Gasteiger partial charge in [-0.05, 0) is 61.2 Å². The summed E-state index contributed by atoms with van der Waals surface area (Å²) in [4.78, 5) is 41.0. The van der Waals surface area contributed by atoms with Gasteiger partial charge in [0.1, 0.15) is 5.57 Å². The summed E-state index contributed by atoms with van der Waals surface area (Å²) in [5, 5.41) is 2.46. The molecule has 0 aliphatic carbocycles. The first-order valence-corrected chi connectivity index (χ1v) is 10.3. The van der Waals surface area contributed by atoms with Gasteiger partial charge in [-0.25, -0.2) is 9.69 Å². The van der Waals surface area contributed by atoms with Gasteiger partial charge in [0, 0.05) is 18.8 Å². The number of hydrogen-bond acceptors (Lipinski definition) is 4. The maximum atomic E-state index is 13.1. The number of carbonyl (C=O) groups excluding carboxylic acids is 3. The van der Waals surface area contributed by atoms with E-state index in [9.17, 15) is 14.4 Å². The molecule has 6 nitrogen and oxygen atoms in total. The normalized spacial score (nSPS) is 18.4. The summed E-state index contributed by atoms with van der Waals surface area (Å²) in [6.45, 7) is 3.98. The molecule has 0 atom stereocenters. The Labute approximate surface area is 184 Å². The van der Waals surface area contributed by atoms with E-state index in [1.807, 2.05) is 25.1 Å². The summed E-state index contributed by atoms with van der Waals surface area (Å²) in [6.07, 6.45) is 3.85. The minimum absolute atomic E-state index is 0.0579. The van der Waals surface area contributed by atoms with Crippen LogP contribution < -0.4 is 15.1 Å². The van der Waals surface area contributed by atoms with Crippen LogP contribution in [0.15, 0.2) is 42.0 Å². The third-order valence-electron chi connectivity index (χ3n) is 5.30. The molecular weight excluding hydrogens is 425 g/mol. The number of carbonyl (C=O) groups is 3. The molecule has 0 aromatic heterocycles. The number of benzene rings is 2. The summed E-state index contributed by atoms with van der Waals surface area (Å²) in [5.41, 5.74) is 2.74. The second kappa shape index (κ2) is 8.13. The lowest BCUT2D eigenvalue weighted by Crippen LogP contribution is -2.54. The highest BCUT2D eigenvalue weighted by atomic mass is 35.5. The van der Waals surface area contributed by atoms with Crippen LogP contribution in [0.2, 0.25) is 10.0 Å². The maximum Gasteiger partial charge on any atom is 0.336 e. The average Bonchev–Trinajstić information content (AvgIpc) is 3.24. The van der Waals surface area contributed by atoms with Crippen molar-refractivity contribution in [3.05, 3.63) is 63.1 Å². The lowest BCUT2D eigenvalue weighted by molar-refractivity contribution is -0.122. The molecule has 0 bridgehead atoms. The van der Waals surface area contributed by atoms with Crippen LogP contribution in [0.1, 0.15) is 24.0 Å². The third-order valence-corrected chi connectivity index (χ3v) is 6.11.